The minimum Gasteiger partial charge on any atom is -0.462 e. The second-order valence-electron chi connectivity index (χ2n) is 19.2. The zero-order chi connectivity index (χ0) is 46.5. The first-order valence-electron chi connectivity index (χ1n) is 28.3. The number of esters is 3. The number of carbonyl (C=O) groups is 3. The summed E-state index contributed by atoms with van der Waals surface area (Å²) in [6.45, 7) is 6.64. The molecule has 6 nitrogen and oxygen atoms in total. The minimum absolute atomic E-state index is 0.0669. The van der Waals surface area contributed by atoms with Gasteiger partial charge in [-0.1, -0.05) is 263 Å². The number of rotatable bonds is 52. The van der Waals surface area contributed by atoms with Crippen LogP contribution in [0, 0.1) is 0 Å². The molecular weight excluding hydrogens is 793 g/mol. The van der Waals surface area contributed by atoms with Gasteiger partial charge in [0.05, 0.1) is 0 Å². The van der Waals surface area contributed by atoms with Crippen molar-refractivity contribution >= 4 is 17.9 Å². The van der Waals surface area contributed by atoms with E-state index < -0.39 is 6.10 Å². The van der Waals surface area contributed by atoms with E-state index in [1.165, 1.54) is 205 Å². The van der Waals surface area contributed by atoms with Gasteiger partial charge < -0.3 is 14.2 Å². The van der Waals surface area contributed by atoms with Crippen LogP contribution in [0.15, 0.2) is 24.3 Å². The molecular formula is C58H108O6. The van der Waals surface area contributed by atoms with Crippen LogP contribution in [0.2, 0.25) is 0 Å². The van der Waals surface area contributed by atoms with Crippen LogP contribution < -0.4 is 0 Å². The Kier molecular flexibility index (Phi) is 51.7. The average molecular weight is 901 g/mol. The van der Waals surface area contributed by atoms with E-state index in [2.05, 4.69) is 45.1 Å². The van der Waals surface area contributed by atoms with Crippen molar-refractivity contribution in [1.29, 1.82) is 0 Å². The lowest BCUT2D eigenvalue weighted by Gasteiger charge is -2.18. The fourth-order valence-corrected chi connectivity index (χ4v) is 8.42. The highest BCUT2D eigenvalue weighted by Crippen LogP contribution is 2.17. The highest BCUT2D eigenvalue weighted by atomic mass is 16.6. The molecule has 6 heteroatoms. The SMILES string of the molecule is CCCCCCC/C=C\C/C=C\CCCCCCCCCCCCCC(=O)OCC(COC(=O)CCCCCCCCCC)OC(=O)CCCCCCCCCCCCCCCCC. The molecule has 0 fully saturated rings. The molecule has 0 rings (SSSR count). The van der Waals surface area contributed by atoms with E-state index >= 15 is 0 Å². The first-order valence-corrected chi connectivity index (χ1v) is 28.3. The van der Waals surface area contributed by atoms with Crippen LogP contribution in [-0.2, 0) is 28.6 Å². The molecule has 0 aromatic rings. The van der Waals surface area contributed by atoms with Crippen LogP contribution in [0.1, 0.15) is 310 Å². The first-order chi connectivity index (χ1) is 31.5. The predicted octanol–water partition coefficient (Wildman–Crippen LogP) is 18.7. The molecule has 0 N–H and O–H groups in total. The van der Waals surface area contributed by atoms with Gasteiger partial charge in [-0.05, 0) is 51.4 Å². The summed E-state index contributed by atoms with van der Waals surface area (Å²) in [7, 11) is 0. The smallest absolute Gasteiger partial charge is 0.306 e. The van der Waals surface area contributed by atoms with Crippen molar-refractivity contribution in [2.75, 3.05) is 13.2 Å². The summed E-state index contributed by atoms with van der Waals surface area (Å²) in [6.07, 6.45) is 61.8. The molecule has 0 bridgehead atoms. The monoisotopic (exact) mass is 901 g/mol. The Labute approximate surface area is 398 Å². The van der Waals surface area contributed by atoms with Gasteiger partial charge in [0.25, 0.3) is 0 Å². The zero-order valence-electron chi connectivity index (χ0n) is 43.1. The molecule has 0 spiro atoms. The molecule has 0 aliphatic carbocycles. The van der Waals surface area contributed by atoms with E-state index in [0.717, 1.165) is 64.2 Å². The van der Waals surface area contributed by atoms with Gasteiger partial charge in [-0.2, -0.15) is 0 Å². The van der Waals surface area contributed by atoms with E-state index in [0.29, 0.717) is 19.3 Å². The van der Waals surface area contributed by atoms with E-state index in [1.807, 2.05) is 0 Å². The van der Waals surface area contributed by atoms with Gasteiger partial charge in [0.1, 0.15) is 13.2 Å². The van der Waals surface area contributed by atoms with Gasteiger partial charge in [0, 0.05) is 19.3 Å². The number of unbranched alkanes of at least 4 members (excludes halogenated alkanes) is 37. The Hall–Kier alpha value is -2.11. The molecule has 0 aromatic carbocycles. The maximum absolute atomic E-state index is 12.8. The van der Waals surface area contributed by atoms with Crippen LogP contribution in [0.3, 0.4) is 0 Å². The van der Waals surface area contributed by atoms with Crippen LogP contribution in [-0.4, -0.2) is 37.2 Å². The Balaban J connectivity index is 4.17. The zero-order valence-corrected chi connectivity index (χ0v) is 43.1. The number of ether oxygens (including phenoxy) is 3. The third kappa shape index (κ3) is 50.9. The van der Waals surface area contributed by atoms with Crippen molar-refractivity contribution in [3.8, 4) is 0 Å². The molecule has 376 valence electrons. The lowest BCUT2D eigenvalue weighted by molar-refractivity contribution is -0.167. The molecule has 0 radical (unpaired) electrons. The molecule has 0 aromatic heterocycles. The quantitative estimate of drug-likeness (QED) is 0.0262. The minimum atomic E-state index is -0.765. The predicted molar refractivity (Wildman–Crippen MR) is 275 cm³/mol. The van der Waals surface area contributed by atoms with Crippen LogP contribution in [0.25, 0.3) is 0 Å². The summed E-state index contributed by atoms with van der Waals surface area (Å²) < 4.78 is 16.8. The molecule has 0 saturated carbocycles. The summed E-state index contributed by atoms with van der Waals surface area (Å²) in [5.74, 6) is -0.855. The van der Waals surface area contributed by atoms with E-state index in [1.54, 1.807) is 0 Å². The van der Waals surface area contributed by atoms with Crippen molar-refractivity contribution in [1.82, 2.24) is 0 Å². The highest BCUT2D eigenvalue weighted by Gasteiger charge is 2.19. The Bertz CT molecular complexity index is 1040. The molecule has 0 heterocycles. The molecule has 1 atom stereocenters. The standard InChI is InChI=1S/C58H108O6/c1-4-7-10-13-16-19-21-23-25-26-27-28-29-30-31-32-34-35-37-39-42-45-48-51-57(60)63-54-55(53-62-56(59)50-47-44-41-18-15-12-9-6-3)64-58(61)52-49-46-43-40-38-36-33-24-22-20-17-14-11-8-5-2/h21,23,26-27,55H,4-20,22,24-25,28-54H2,1-3H3/b23-21-,27-26-. The first kappa shape index (κ1) is 61.9. The van der Waals surface area contributed by atoms with Crippen molar-refractivity contribution in [3.05, 3.63) is 24.3 Å². The van der Waals surface area contributed by atoms with Gasteiger partial charge in [-0.25, -0.2) is 0 Å². The number of carbonyl (C=O) groups excluding carboxylic acids is 3. The maximum Gasteiger partial charge on any atom is 0.306 e. The van der Waals surface area contributed by atoms with Gasteiger partial charge >= 0.3 is 17.9 Å². The largest absolute Gasteiger partial charge is 0.462 e. The Morgan fingerprint density at radius 3 is 0.859 bits per heavy atom. The van der Waals surface area contributed by atoms with Gasteiger partial charge in [-0.3, -0.25) is 14.4 Å². The topological polar surface area (TPSA) is 78.9 Å². The number of allylic oxidation sites excluding steroid dienone is 4. The van der Waals surface area contributed by atoms with Crippen molar-refractivity contribution in [3.63, 3.8) is 0 Å². The molecule has 0 saturated heterocycles. The fraction of sp³-hybridized carbons (Fsp3) is 0.879. The summed E-state index contributed by atoms with van der Waals surface area (Å²) >= 11 is 0. The second kappa shape index (κ2) is 53.5. The van der Waals surface area contributed by atoms with Crippen LogP contribution in [0.4, 0.5) is 0 Å². The summed E-state index contributed by atoms with van der Waals surface area (Å²) in [5.41, 5.74) is 0. The third-order valence-electron chi connectivity index (χ3n) is 12.7. The van der Waals surface area contributed by atoms with Gasteiger partial charge in [0.2, 0.25) is 0 Å². The summed E-state index contributed by atoms with van der Waals surface area (Å²) in [4.78, 5) is 37.9. The third-order valence-corrected chi connectivity index (χ3v) is 12.7. The van der Waals surface area contributed by atoms with Crippen molar-refractivity contribution < 1.29 is 28.6 Å². The Morgan fingerprint density at radius 2 is 0.562 bits per heavy atom. The molecule has 0 amide bonds. The molecule has 1 unspecified atom stereocenters. The lowest BCUT2D eigenvalue weighted by atomic mass is 10.0. The van der Waals surface area contributed by atoms with E-state index in [4.69, 9.17) is 14.2 Å². The van der Waals surface area contributed by atoms with Gasteiger partial charge in [0.15, 0.2) is 6.10 Å². The van der Waals surface area contributed by atoms with Gasteiger partial charge in [-0.15, -0.1) is 0 Å². The van der Waals surface area contributed by atoms with E-state index in [9.17, 15) is 14.4 Å². The normalized spacial score (nSPS) is 12.1. The average Bonchev–Trinajstić information content (AvgIpc) is 3.29. The van der Waals surface area contributed by atoms with Crippen molar-refractivity contribution in [2.45, 2.75) is 316 Å². The highest BCUT2D eigenvalue weighted by molar-refractivity contribution is 5.71. The van der Waals surface area contributed by atoms with E-state index in [-0.39, 0.29) is 31.1 Å². The lowest BCUT2D eigenvalue weighted by Crippen LogP contribution is -2.30. The van der Waals surface area contributed by atoms with Crippen molar-refractivity contribution in [2.24, 2.45) is 0 Å². The Morgan fingerprint density at radius 1 is 0.312 bits per heavy atom. The maximum atomic E-state index is 12.8. The van der Waals surface area contributed by atoms with Crippen LogP contribution in [0.5, 0.6) is 0 Å². The fourth-order valence-electron chi connectivity index (χ4n) is 8.42. The summed E-state index contributed by atoms with van der Waals surface area (Å²) in [5, 5.41) is 0. The second-order valence-corrected chi connectivity index (χ2v) is 19.2. The number of hydrogen-bond donors (Lipinski definition) is 0. The molecule has 0 aliphatic rings. The van der Waals surface area contributed by atoms with Crippen LogP contribution >= 0.6 is 0 Å². The summed E-state index contributed by atoms with van der Waals surface area (Å²) in [6, 6.07) is 0. The molecule has 0 aliphatic heterocycles. The molecule has 64 heavy (non-hydrogen) atoms. The number of hydrogen-bond acceptors (Lipinski definition) is 6.